The molecule has 6 nitrogen and oxygen atoms in total. The molecule has 2 saturated heterocycles. The van der Waals surface area contributed by atoms with Gasteiger partial charge >= 0.3 is 0 Å². The number of piperidine rings is 2. The van der Waals surface area contributed by atoms with Crippen LogP contribution >= 0.6 is 11.3 Å². The van der Waals surface area contributed by atoms with Crippen molar-refractivity contribution in [3.63, 3.8) is 0 Å². The molecule has 4 heterocycles. The van der Waals surface area contributed by atoms with Crippen LogP contribution in [0.1, 0.15) is 41.0 Å². The summed E-state index contributed by atoms with van der Waals surface area (Å²) in [6.07, 6.45) is 6.48. The normalized spacial score (nSPS) is 20.7. The second kappa shape index (κ2) is 9.95. The van der Waals surface area contributed by atoms with Gasteiger partial charge in [-0.1, -0.05) is 11.3 Å². The van der Waals surface area contributed by atoms with Gasteiger partial charge < -0.3 is 10.2 Å². The van der Waals surface area contributed by atoms with Crippen LogP contribution in [-0.2, 0) is 6.54 Å². The zero-order valence-electron chi connectivity index (χ0n) is 17.2. The van der Waals surface area contributed by atoms with Gasteiger partial charge in [-0.2, -0.15) is 0 Å². The molecule has 0 spiro atoms. The summed E-state index contributed by atoms with van der Waals surface area (Å²) in [5.74, 6) is -1.74. The average molecular weight is 454 g/mol. The fraction of sp³-hybridized carbons (Fsp3) is 0.571. The summed E-state index contributed by atoms with van der Waals surface area (Å²) in [6, 6.07) is 1.22. The Balaban J connectivity index is 1.28. The summed E-state index contributed by atoms with van der Waals surface area (Å²) < 4.78 is 39.6. The van der Waals surface area contributed by atoms with Crippen LogP contribution in [0.3, 0.4) is 0 Å². The molecule has 1 N–H and O–H groups in total. The molecular weight excluding hydrogens is 427 g/mol. The highest BCUT2D eigenvalue weighted by atomic mass is 32.1. The molecular formula is C21H26F3N5OS. The molecule has 2 aliphatic heterocycles. The lowest BCUT2D eigenvalue weighted by atomic mass is 9.95. The molecule has 168 valence electrons. The average Bonchev–Trinajstić information content (AvgIpc) is 3.29. The van der Waals surface area contributed by atoms with Crippen LogP contribution in [0.4, 0.5) is 18.3 Å². The lowest BCUT2D eigenvalue weighted by Gasteiger charge is -2.41. The fourth-order valence-corrected chi connectivity index (χ4v) is 5.20. The first-order valence-corrected chi connectivity index (χ1v) is 11.4. The van der Waals surface area contributed by atoms with Crippen LogP contribution in [0.15, 0.2) is 18.5 Å². The van der Waals surface area contributed by atoms with Crippen LogP contribution in [0.5, 0.6) is 0 Å². The van der Waals surface area contributed by atoms with Crippen molar-refractivity contribution < 1.29 is 18.0 Å². The van der Waals surface area contributed by atoms with Gasteiger partial charge in [-0.3, -0.25) is 19.1 Å². The van der Waals surface area contributed by atoms with E-state index in [1.165, 1.54) is 17.5 Å². The van der Waals surface area contributed by atoms with Gasteiger partial charge in [0.1, 0.15) is 16.5 Å². The first kappa shape index (κ1) is 22.0. The number of carbonyl (C=O) groups is 1. The maximum absolute atomic E-state index is 13.7. The van der Waals surface area contributed by atoms with Crippen LogP contribution in [0.25, 0.3) is 0 Å². The zero-order valence-corrected chi connectivity index (χ0v) is 18.0. The summed E-state index contributed by atoms with van der Waals surface area (Å²) in [7, 11) is 0. The number of anilines is 1. The van der Waals surface area contributed by atoms with Gasteiger partial charge in [0.15, 0.2) is 5.13 Å². The molecule has 0 aliphatic carbocycles. The lowest BCUT2D eigenvalue weighted by Crippen LogP contribution is -2.48. The van der Waals surface area contributed by atoms with E-state index in [1.807, 2.05) is 0 Å². The van der Waals surface area contributed by atoms with E-state index in [4.69, 9.17) is 0 Å². The molecule has 31 heavy (non-hydrogen) atoms. The number of halogens is 3. The molecule has 0 aromatic carbocycles. The third kappa shape index (κ3) is 5.35. The van der Waals surface area contributed by atoms with Crippen LogP contribution < -0.4 is 10.2 Å². The topological polar surface area (TPSA) is 61.4 Å². The number of nitrogens with zero attached hydrogens (tertiary/aromatic N) is 4. The number of likely N-dealkylation sites (tertiary alicyclic amines) is 1. The number of amides is 1. The Kier molecular flexibility index (Phi) is 7.06. The second-order valence-electron chi connectivity index (χ2n) is 8.15. The van der Waals surface area contributed by atoms with Crippen LogP contribution in [-0.4, -0.2) is 59.7 Å². The Morgan fingerprint density at radius 2 is 1.97 bits per heavy atom. The monoisotopic (exact) mass is 453 g/mol. The van der Waals surface area contributed by atoms with Crippen LogP contribution in [0, 0.1) is 17.6 Å². The molecule has 0 saturated carbocycles. The lowest BCUT2D eigenvalue weighted by molar-refractivity contribution is 0.0953. The number of alkyl halides is 1. The molecule has 0 radical (unpaired) electrons. The Bertz CT molecular complexity index is 903. The number of thiazole rings is 1. The van der Waals surface area contributed by atoms with Crippen LogP contribution in [0.2, 0.25) is 0 Å². The van der Waals surface area contributed by atoms with E-state index in [9.17, 15) is 18.0 Å². The third-order valence-corrected chi connectivity index (χ3v) is 7.09. The van der Waals surface area contributed by atoms with Gasteiger partial charge in [-0.25, -0.2) is 13.8 Å². The first-order valence-electron chi connectivity index (χ1n) is 10.6. The van der Waals surface area contributed by atoms with E-state index in [-0.39, 0.29) is 30.7 Å². The number of aromatic nitrogens is 2. The first-order chi connectivity index (χ1) is 15.0. The van der Waals surface area contributed by atoms with Gasteiger partial charge in [0.05, 0.1) is 31.3 Å². The Hall–Kier alpha value is -2.20. The molecule has 2 aromatic heterocycles. The minimum Gasteiger partial charge on any atom is -0.348 e. The van der Waals surface area contributed by atoms with Gasteiger partial charge in [0.25, 0.3) is 5.91 Å². The SMILES string of the molecule is O=C(NCc1ncc(F)cc1F)c1cnc(N2CCC(N3CCC[C@@H](CF)C3)CC2)s1. The smallest absolute Gasteiger partial charge is 0.263 e. The highest BCUT2D eigenvalue weighted by molar-refractivity contribution is 7.17. The third-order valence-electron chi connectivity index (χ3n) is 6.04. The van der Waals surface area contributed by atoms with Gasteiger partial charge in [-0.05, 0) is 32.2 Å². The molecule has 2 fully saturated rings. The molecule has 2 aromatic rings. The van der Waals surface area contributed by atoms with E-state index in [1.54, 1.807) is 0 Å². The predicted molar refractivity (Wildman–Crippen MR) is 113 cm³/mol. The minimum atomic E-state index is -0.792. The van der Waals surface area contributed by atoms with E-state index >= 15 is 0 Å². The molecule has 2 aliphatic rings. The molecule has 4 rings (SSSR count). The molecule has 0 unspecified atom stereocenters. The van der Waals surface area contributed by atoms with Crippen molar-refractivity contribution in [3.8, 4) is 0 Å². The molecule has 10 heteroatoms. The fourth-order valence-electron chi connectivity index (χ4n) is 4.32. The van der Waals surface area contributed by atoms with Gasteiger partial charge in [0.2, 0.25) is 0 Å². The number of rotatable bonds is 6. The van der Waals surface area contributed by atoms with Crippen molar-refractivity contribution in [2.75, 3.05) is 37.8 Å². The second-order valence-corrected chi connectivity index (χ2v) is 9.16. The molecule has 1 atom stereocenters. The van der Waals surface area contributed by atoms with E-state index in [2.05, 4.69) is 25.1 Å². The molecule has 0 bridgehead atoms. The van der Waals surface area contributed by atoms with E-state index in [0.29, 0.717) is 10.9 Å². The molecule has 1 amide bonds. The van der Waals surface area contributed by atoms with E-state index < -0.39 is 11.6 Å². The van der Waals surface area contributed by atoms with Crippen molar-refractivity contribution in [2.24, 2.45) is 5.92 Å². The quantitative estimate of drug-likeness (QED) is 0.727. The maximum Gasteiger partial charge on any atom is 0.263 e. The van der Waals surface area contributed by atoms with E-state index in [0.717, 1.165) is 69.3 Å². The van der Waals surface area contributed by atoms with Gasteiger partial charge in [0, 0.05) is 37.7 Å². The van der Waals surface area contributed by atoms with Gasteiger partial charge in [-0.15, -0.1) is 0 Å². The maximum atomic E-state index is 13.7. The summed E-state index contributed by atoms with van der Waals surface area (Å²) in [4.78, 5) is 25.5. The largest absolute Gasteiger partial charge is 0.348 e. The number of pyridine rings is 1. The number of hydrogen-bond acceptors (Lipinski definition) is 6. The summed E-state index contributed by atoms with van der Waals surface area (Å²) in [5, 5.41) is 3.39. The summed E-state index contributed by atoms with van der Waals surface area (Å²) in [6.45, 7) is 3.24. The predicted octanol–water partition coefficient (Wildman–Crippen LogP) is 3.40. The standard InChI is InChI=1S/C21H26F3N5OS/c22-9-14-2-1-5-29(13-14)16-3-6-28(7-4-16)21-27-12-19(31-21)20(30)26-11-18-17(24)8-15(23)10-25-18/h8,10,12,14,16H,1-7,9,11,13H2,(H,26,30)/t14-/m0/s1. The highest BCUT2D eigenvalue weighted by Crippen LogP contribution is 2.29. The van der Waals surface area contributed by atoms with Crippen molar-refractivity contribution in [1.82, 2.24) is 20.2 Å². The summed E-state index contributed by atoms with van der Waals surface area (Å²) >= 11 is 1.30. The Labute approximate surface area is 183 Å². The number of hydrogen-bond donors (Lipinski definition) is 1. The van der Waals surface area contributed by atoms with Crippen molar-refractivity contribution in [2.45, 2.75) is 38.3 Å². The van der Waals surface area contributed by atoms with Crippen molar-refractivity contribution in [3.05, 3.63) is 40.7 Å². The Morgan fingerprint density at radius 3 is 2.71 bits per heavy atom. The highest BCUT2D eigenvalue weighted by Gasteiger charge is 2.29. The zero-order chi connectivity index (χ0) is 21.8. The Morgan fingerprint density at radius 1 is 1.16 bits per heavy atom. The summed E-state index contributed by atoms with van der Waals surface area (Å²) in [5.41, 5.74) is -0.0192. The number of nitrogens with one attached hydrogen (secondary N) is 1. The number of carbonyl (C=O) groups excluding carboxylic acids is 1. The van der Waals surface area contributed by atoms with Crippen molar-refractivity contribution >= 4 is 22.4 Å². The van der Waals surface area contributed by atoms with Crippen molar-refractivity contribution in [1.29, 1.82) is 0 Å². The minimum absolute atomic E-state index is 0.0192.